The van der Waals surface area contributed by atoms with Crippen molar-refractivity contribution < 1.29 is 4.39 Å². The predicted octanol–water partition coefficient (Wildman–Crippen LogP) is 3.46. The summed E-state index contributed by atoms with van der Waals surface area (Å²) in [6.45, 7) is 3.12. The third-order valence-corrected chi connectivity index (χ3v) is 3.43. The third-order valence-electron chi connectivity index (χ3n) is 3.43. The maximum atomic E-state index is 13.6. The number of guanidine groups is 1. The van der Waals surface area contributed by atoms with E-state index in [0.717, 1.165) is 13.0 Å². The fourth-order valence-electron chi connectivity index (χ4n) is 2.11. The van der Waals surface area contributed by atoms with Crippen LogP contribution in [-0.2, 0) is 6.54 Å². The molecule has 0 saturated heterocycles. The first-order chi connectivity index (χ1) is 10.7. The average Bonchev–Trinajstić information content (AvgIpc) is 2.53. The average molecular weight is 304 g/mol. The quantitative estimate of drug-likeness (QED) is 0.417. The molecule has 3 N–H and O–H groups in total. The molecule has 1 rings (SSSR count). The zero-order chi connectivity index (χ0) is 16.2. The van der Waals surface area contributed by atoms with E-state index in [0.29, 0.717) is 17.1 Å². The zero-order valence-electron chi connectivity index (χ0n) is 13.2. The smallest absolute Gasteiger partial charge is 0.188 e. The highest BCUT2D eigenvalue weighted by atomic mass is 19.1. The van der Waals surface area contributed by atoms with Crippen molar-refractivity contribution >= 4 is 5.96 Å². The zero-order valence-corrected chi connectivity index (χ0v) is 13.2. The molecule has 0 bridgehead atoms. The van der Waals surface area contributed by atoms with Gasteiger partial charge in [0.1, 0.15) is 5.82 Å². The lowest BCUT2D eigenvalue weighted by Crippen LogP contribution is -2.32. The molecule has 120 valence electrons. The molecule has 0 aromatic heterocycles. The van der Waals surface area contributed by atoms with E-state index in [1.54, 1.807) is 0 Å². The second-order valence-corrected chi connectivity index (χ2v) is 5.31. The van der Waals surface area contributed by atoms with Crippen molar-refractivity contribution in [2.24, 2.45) is 10.7 Å². The van der Waals surface area contributed by atoms with Crippen LogP contribution < -0.4 is 11.1 Å². The molecule has 5 heteroatoms. The maximum Gasteiger partial charge on any atom is 0.188 e. The van der Waals surface area contributed by atoms with Gasteiger partial charge in [0.25, 0.3) is 0 Å². The molecule has 4 nitrogen and oxygen atoms in total. The fraction of sp³-hybridized carbons (Fsp3) is 0.529. The molecule has 0 saturated carbocycles. The van der Waals surface area contributed by atoms with E-state index in [9.17, 15) is 4.39 Å². The minimum absolute atomic E-state index is 0.136. The van der Waals surface area contributed by atoms with Crippen molar-refractivity contribution in [1.29, 1.82) is 5.26 Å². The molecule has 22 heavy (non-hydrogen) atoms. The first-order valence-electron chi connectivity index (χ1n) is 7.89. The molecular weight excluding hydrogens is 279 g/mol. The van der Waals surface area contributed by atoms with Crippen molar-refractivity contribution in [2.45, 2.75) is 52.0 Å². The van der Waals surface area contributed by atoms with Gasteiger partial charge in [-0.05, 0) is 24.6 Å². The van der Waals surface area contributed by atoms with Gasteiger partial charge in [-0.1, -0.05) is 39.0 Å². The number of hydrogen-bond donors (Lipinski definition) is 2. The molecule has 0 atom stereocenters. The van der Waals surface area contributed by atoms with Crippen molar-refractivity contribution in [1.82, 2.24) is 5.32 Å². The highest BCUT2D eigenvalue weighted by molar-refractivity contribution is 5.77. The minimum Gasteiger partial charge on any atom is -0.370 e. The van der Waals surface area contributed by atoms with Gasteiger partial charge in [0.2, 0.25) is 0 Å². The van der Waals surface area contributed by atoms with E-state index in [-0.39, 0.29) is 12.4 Å². The Hall–Kier alpha value is -2.09. The van der Waals surface area contributed by atoms with E-state index in [1.807, 2.05) is 6.07 Å². The van der Waals surface area contributed by atoms with Crippen LogP contribution in [-0.4, -0.2) is 12.5 Å². The monoisotopic (exact) mass is 304 g/mol. The molecular formula is C17H25FN4. The molecule has 0 spiro atoms. The molecule has 0 heterocycles. The van der Waals surface area contributed by atoms with Gasteiger partial charge in [-0.15, -0.1) is 0 Å². The standard InChI is InChI=1S/C17H25FN4/c1-2-3-4-5-6-7-10-21-17(20)22-13-15-11-14(12-19)8-9-16(15)18/h8-9,11H,2-7,10,13H2,1H3,(H3,20,21,22). The summed E-state index contributed by atoms with van der Waals surface area (Å²) in [4.78, 5) is 4.11. The first-order valence-corrected chi connectivity index (χ1v) is 7.89. The van der Waals surface area contributed by atoms with Gasteiger partial charge in [0, 0.05) is 12.1 Å². The van der Waals surface area contributed by atoms with Gasteiger partial charge >= 0.3 is 0 Å². The summed E-state index contributed by atoms with van der Waals surface area (Å²) >= 11 is 0. The lowest BCUT2D eigenvalue weighted by molar-refractivity contribution is 0.600. The Bertz CT molecular complexity index is 520. The van der Waals surface area contributed by atoms with Crippen molar-refractivity contribution in [3.63, 3.8) is 0 Å². The van der Waals surface area contributed by atoms with Gasteiger partial charge in [0.15, 0.2) is 5.96 Å². The van der Waals surface area contributed by atoms with Crippen LogP contribution in [0.1, 0.15) is 56.6 Å². The van der Waals surface area contributed by atoms with Crippen LogP contribution in [0.25, 0.3) is 0 Å². The number of nitrogens with two attached hydrogens (primary N) is 1. The Labute approximate surface area is 132 Å². The molecule has 1 aromatic carbocycles. The molecule has 0 amide bonds. The van der Waals surface area contributed by atoms with Gasteiger partial charge in [-0.25, -0.2) is 9.38 Å². The molecule has 0 aliphatic heterocycles. The summed E-state index contributed by atoms with van der Waals surface area (Å²) in [5.74, 6) is -0.0539. The molecule has 1 aromatic rings. The summed E-state index contributed by atoms with van der Waals surface area (Å²) in [5.41, 5.74) is 6.56. The lowest BCUT2D eigenvalue weighted by atomic mass is 10.1. The second-order valence-electron chi connectivity index (χ2n) is 5.31. The second kappa shape index (κ2) is 10.6. The van der Waals surface area contributed by atoms with Crippen LogP contribution >= 0.6 is 0 Å². The number of hydrogen-bond acceptors (Lipinski definition) is 2. The van der Waals surface area contributed by atoms with E-state index in [1.165, 1.54) is 50.3 Å². The lowest BCUT2D eigenvalue weighted by Gasteiger charge is -2.06. The summed E-state index contributed by atoms with van der Waals surface area (Å²) in [6, 6.07) is 6.21. The number of nitrogens with zero attached hydrogens (tertiary/aromatic N) is 2. The number of nitrogens with one attached hydrogen (secondary N) is 1. The van der Waals surface area contributed by atoms with Crippen LogP contribution in [0.2, 0.25) is 0 Å². The largest absolute Gasteiger partial charge is 0.370 e. The summed E-state index contributed by atoms with van der Waals surface area (Å²) in [5, 5.41) is 11.8. The number of unbranched alkanes of at least 4 members (excludes halogenated alkanes) is 5. The van der Waals surface area contributed by atoms with Crippen LogP contribution in [0.5, 0.6) is 0 Å². The Kier molecular flexibility index (Phi) is 8.66. The molecule has 0 radical (unpaired) electrons. The topological polar surface area (TPSA) is 74.2 Å². The third kappa shape index (κ3) is 7.07. The minimum atomic E-state index is -0.369. The Morgan fingerprint density at radius 1 is 1.27 bits per heavy atom. The van der Waals surface area contributed by atoms with Crippen molar-refractivity contribution in [3.8, 4) is 6.07 Å². The number of aliphatic imine (C=N–C) groups is 1. The van der Waals surface area contributed by atoms with Crippen LogP contribution in [0, 0.1) is 17.1 Å². The molecule has 0 unspecified atom stereocenters. The maximum absolute atomic E-state index is 13.6. The number of halogens is 1. The Morgan fingerprint density at radius 2 is 2.00 bits per heavy atom. The number of benzene rings is 1. The SMILES string of the molecule is CCCCCCCCNC(N)=NCc1cc(C#N)ccc1F. The predicted molar refractivity (Wildman–Crippen MR) is 87.8 cm³/mol. The van der Waals surface area contributed by atoms with Crippen molar-refractivity contribution in [3.05, 3.63) is 35.1 Å². The van der Waals surface area contributed by atoms with E-state index in [2.05, 4.69) is 17.2 Å². The van der Waals surface area contributed by atoms with E-state index >= 15 is 0 Å². The number of rotatable bonds is 9. The van der Waals surface area contributed by atoms with Crippen molar-refractivity contribution in [2.75, 3.05) is 6.54 Å². The van der Waals surface area contributed by atoms with Gasteiger partial charge < -0.3 is 11.1 Å². The van der Waals surface area contributed by atoms with Crippen LogP contribution in [0.3, 0.4) is 0 Å². The van der Waals surface area contributed by atoms with Crippen LogP contribution in [0.15, 0.2) is 23.2 Å². The summed E-state index contributed by atoms with van der Waals surface area (Å²) in [6.07, 6.45) is 7.32. The van der Waals surface area contributed by atoms with E-state index < -0.39 is 0 Å². The van der Waals surface area contributed by atoms with Crippen LogP contribution in [0.4, 0.5) is 4.39 Å². The number of nitriles is 1. The Morgan fingerprint density at radius 3 is 2.73 bits per heavy atom. The molecule has 0 aliphatic carbocycles. The molecule has 0 fully saturated rings. The summed E-state index contributed by atoms with van der Waals surface area (Å²) in [7, 11) is 0. The Balaban J connectivity index is 2.30. The fourth-order valence-corrected chi connectivity index (χ4v) is 2.11. The van der Waals surface area contributed by atoms with Gasteiger partial charge in [0.05, 0.1) is 18.2 Å². The molecule has 0 aliphatic rings. The van der Waals surface area contributed by atoms with Gasteiger partial charge in [-0.3, -0.25) is 0 Å². The summed E-state index contributed by atoms with van der Waals surface area (Å²) < 4.78 is 13.6. The first kappa shape index (κ1) is 18.0. The normalized spacial score (nSPS) is 11.2. The van der Waals surface area contributed by atoms with E-state index in [4.69, 9.17) is 11.0 Å². The highest BCUT2D eigenvalue weighted by Gasteiger charge is 2.03. The highest BCUT2D eigenvalue weighted by Crippen LogP contribution is 2.11. The van der Waals surface area contributed by atoms with Gasteiger partial charge in [-0.2, -0.15) is 5.26 Å².